The first-order chi connectivity index (χ1) is 10.9. The normalized spacial score (nSPS) is 17.4. The number of hydrogen-bond donors (Lipinski definition) is 0. The number of nitriles is 1. The lowest BCUT2D eigenvalue weighted by Gasteiger charge is -2.34. The molecule has 0 aromatic rings. The third-order valence-electron chi connectivity index (χ3n) is 3.36. The minimum Gasteiger partial charge on any atom is -0.459 e. The third kappa shape index (κ3) is 7.14. The van der Waals surface area contributed by atoms with E-state index in [2.05, 4.69) is 0 Å². The van der Waals surface area contributed by atoms with Gasteiger partial charge in [-0.2, -0.15) is 5.26 Å². The number of ether oxygens (including phenoxy) is 1. The van der Waals surface area contributed by atoms with Crippen molar-refractivity contribution in [1.29, 1.82) is 5.26 Å². The van der Waals surface area contributed by atoms with E-state index in [0.717, 1.165) is 0 Å². The Morgan fingerprint density at radius 3 is 2.04 bits per heavy atom. The molecule has 1 heterocycles. The van der Waals surface area contributed by atoms with Crippen molar-refractivity contribution in [2.24, 2.45) is 5.41 Å². The average molecular weight is 335 g/mol. The molecule has 1 rings (SSSR count). The first kappa shape index (κ1) is 20.2. The fraction of sp³-hybridized carbons (Fsp3) is 0.722. The van der Waals surface area contributed by atoms with Gasteiger partial charge in [-0.15, -0.1) is 0 Å². The zero-order valence-electron chi connectivity index (χ0n) is 15.7. The molecule has 0 N–H and O–H groups in total. The molecule has 6 heteroatoms. The van der Waals surface area contributed by atoms with Crippen molar-refractivity contribution in [3.8, 4) is 6.07 Å². The molecule has 0 aromatic heterocycles. The number of esters is 1. The highest BCUT2D eigenvalue weighted by molar-refractivity contribution is 5.97. The highest BCUT2D eigenvalue weighted by Gasteiger charge is 2.26. The Balaban J connectivity index is 2.57. The van der Waals surface area contributed by atoms with Crippen LogP contribution in [0.15, 0.2) is 11.6 Å². The summed E-state index contributed by atoms with van der Waals surface area (Å²) in [6.45, 7) is 13.8. The second-order valence-corrected chi connectivity index (χ2v) is 8.19. The molecule has 1 amide bonds. The Kier molecular flexibility index (Phi) is 6.56. The molecule has 1 aliphatic heterocycles. The van der Waals surface area contributed by atoms with E-state index in [1.807, 2.05) is 52.5 Å². The van der Waals surface area contributed by atoms with Gasteiger partial charge >= 0.3 is 5.97 Å². The fourth-order valence-electron chi connectivity index (χ4n) is 2.41. The molecule has 0 atom stereocenters. The largest absolute Gasteiger partial charge is 0.459 e. The summed E-state index contributed by atoms with van der Waals surface area (Å²) in [5.41, 5.74) is -0.531. The van der Waals surface area contributed by atoms with Gasteiger partial charge < -0.3 is 9.64 Å². The van der Waals surface area contributed by atoms with Crippen molar-refractivity contribution >= 4 is 11.9 Å². The van der Waals surface area contributed by atoms with Crippen molar-refractivity contribution in [2.45, 2.75) is 47.1 Å². The summed E-state index contributed by atoms with van der Waals surface area (Å²) in [6, 6.07) is 2.01. The summed E-state index contributed by atoms with van der Waals surface area (Å²) < 4.78 is 5.31. The Morgan fingerprint density at radius 1 is 1.08 bits per heavy atom. The van der Waals surface area contributed by atoms with E-state index in [9.17, 15) is 14.9 Å². The predicted octanol–water partition coefficient (Wildman–Crippen LogP) is 1.97. The van der Waals surface area contributed by atoms with Gasteiger partial charge in [0.25, 0.3) is 5.91 Å². The van der Waals surface area contributed by atoms with Gasteiger partial charge in [0.05, 0.1) is 6.54 Å². The van der Waals surface area contributed by atoms with Gasteiger partial charge in [-0.3, -0.25) is 14.5 Å². The van der Waals surface area contributed by atoms with E-state index in [4.69, 9.17) is 4.74 Å². The van der Waals surface area contributed by atoms with Gasteiger partial charge in [-0.05, 0) is 26.2 Å². The summed E-state index contributed by atoms with van der Waals surface area (Å²) in [5, 5.41) is 9.23. The molecule has 0 unspecified atom stereocenters. The Hall–Kier alpha value is -1.87. The predicted molar refractivity (Wildman–Crippen MR) is 92.0 cm³/mol. The summed E-state index contributed by atoms with van der Waals surface area (Å²) in [5.74, 6) is -0.489. The summed E-state index contributed by atoms with van der Waals surface area (Å²) in [6.07, 6.45) is 1.71. The van der Waals surface area contributed by atoms with E-state index in [-0.39, 0.29) is 29.4 Å². The maximum atomic E-state index is 12.4. The minimum absolute atomic E-state index is 0.183. The maximum Gasteiger partial charge on any atom is 0.320 e. The molecule has 1 saturated heterocycles. The van der Waals surface area contributed by atoms with Crippen molar-refractivity contribution in [3.05, 3.63) is 11.6 Å². The molecule has 0 radical (unpaired) electrons. The van der Waals surface area contributed by atoms with Crippen LogP contribution >= 0.6 is 0 Å². The molecule has 1 fully saturated rings. The van der Waals surface area contributed by atoms with Crippen LogP contribution in [0.2, 0.25) is 0 Å². The number of allylic oxidation sites excluding steroid dienone is 1. The fourth-order valence-corrected chi connectivity index (χ4v) is 2.41. The Bertz CT molecular complexity index is 539. The van der Waals surface area contributed by atoms with E-state index in [1.165, 1.54) is 0 Å². The van der Waals surface area contributed by atoms with Crippen LogP contribution in [0.5, 0.6) is 0 Å². The van der Waals surface area contributed by atoms with Crippen LogP contribution in [0.3, 0.4) is 0 Å². The topological polar surface area (TPSA) is 73.6 Å². The van der Waals surface area contributed by atoms with E-state index in [0.29, 0.717) is 26.2 Å². The average Bonchev–Trinajstić information content (AvgIpc) is 2.41. The summed E-state index contributed by atoms with van der Waals surface area (Å²) in [7, 11) is 0. The van der Waals surface area contributed by atoms with Crippen molar-refractivity contribution in [3.63, 3.8) is 0 Å². The van der Waals surface area contributed by atoms with Gasteiger partial charge in [-0.25, -0.2) is 0 Å². The van der Waals surface area contributed by atoms with Crippen LogP contribution in [0.25, 0.3) is 0 Å². The molecule has 0 spiro atoms. The molecule has 1 aliphatic rings. The lowest BCUT2D eigenvalue weighted by atomic mass is 9.93. The van der Waals surface area contributed by atoms with Crippen molar-refractivity contribution < 1.29 is 14.3 Å². The minimum atomic E-state index is -0.492. The molecule has 0 saturated carbocycles. The molecule has 6 nitrogen and oxygen atoms in total. The number of piperazine rings is 1. The molecular formula is C18H29N3O3. The smallest absolute Gasteiger partial charge is 0.320 e. The van der Waals surface area contributed by atoms with Gasteiger partial charge in [0, 0.05) is 26.2 Å². The van der Waals surface area contributed by atoms with Gasteiger partial charge in [-0.1, -0.05) is 26.8 Å². The molecule has 24 heavy (non-hydrogen) atoms. The van der Waals surface area contributed by atoms with Crippen LogP contribution in [-0.2, 0) is 14.3 Å². The third-order valence-corrected chi connectivity index (χ3v) is 3.36. The van der Waals surface area contributed by atoms with E-state index < -0.39 is 5.60 Å². The van der Waals surface area contributed by atoms with Crippen LogP contribution in [0.1, 0.15) is 41.5 Å². The maximum absolute atomic E-state index is 12.4. The zero-order chi connectivity index (χ0) is 18.5. The first-order valence-corrected chi connectivity index (χ1v) is 8.28. The molecule has 134 valence electrons. The second kappa shape index (κ2) is 7.80. The van der Waals surface area contributed by atoms with Gasteiger partial charge in [0.2, 0.25) is 0 Å². The molecule has 0 aromatic carbocycles. The number of nitrogens with zero attached hydrogens (tertiary/aromatic N) is 3. The standard InChI is InChI=1S/C18H29N3O3/c1-17(2,3)11-14(12-19)16(23)21-9-7-20(8-10-21)13-15(22)24-18(4,5)6/h11H,7-10,13H2,1-6H3/b14-11+. The van der Waals surface area contributed by atoms with E-state index in [1.54, 1.807) is 11.0 Å². The zero-order valence-corrected chi connectivity index (χ0v) is 15.7. The summed E-state index contributed by atoms with van der Waals surface area (Å²) >= 11 is 0. The first-order valence-electron chi connectivity index (χ1n) is 8.28. The van der Waals surface area contributed by atoms with Gasteiger partial charge in [0.1, 0.15) is 17.2 Å². The number of carbonyl (C=O) groups excluding carboxylic acids is 2. The Labute approximate surface area is 145 Å². The van der Waals surface area contributed by atoms with E-state index >= 15 is 0 Å². The molecule has 0 bridgehead atoms. The van der Waals surface area contributed by atoms with Gasteiger partial charge in [0.15, 0.2) is 0 Å². The number of amides is 1. The van der Waals surface area contributed by atoms with Crippen molar-refractivity contribution in [1.82, 2.24) is 9.80 Å². The molecule has 0 aliphatic carbocycles. The van der Waals surface area contributed by atoms with Crippen LogP contribution in [-0.4, -0.2) is 60.0 Å². The SMILES string of the molecule is CC(C)(C)/C=C(\C#N)C(=O)N1CCN(CC(=O)OC(C)(C)C)CC1. The lowest BCUT2D eigenvalue weighted by Crippen LogP contribution is -2.50. The van der Waals surface area contributed by atoms with Crippen LogP contribution in [0.4, 0.5) is 0 Å². The quantitative estimate of drug-likeness (QED) is 0.448. The molecular weight excluding hydrogens is 306 g/mol. The lowest BCUT2D eigenvalue weighted by molar-refractivity contribution is -0.156. The Morgan fingerprint density at radius 2 is 1.62 bits per heavy atom. The van der Waals surface area contributed by atoms with Crippen LogP contribution in [0, 0.1) is 16.7 Å². The van der Waals surface area contributed by atoms with Crippen LogP contribution < -0.4 is 0 Å². The second-order valence-electron chi connectivity index (χ2n) is 8.19. The number of hydrogen-bond acceptors (Lipinski definition) is 5. The highest BCUT2D eigenvalue weighted by Crippen LogP contribution is 2.19. The number of rotatable bonds is 3. The summed E-state index contributed by atoms with van der Waals surface area (Å²) in [4.78, 5) is 27.9. The highest BCUT2D eigenvalue weighted by atomic mass is 16.6. The monoisotopic (exact) mass is 335 g/mol. The number of carbonyl (C=O) groups is 2. The van der Waals surface area contributed by atoms with Crippen molar-refractivity contribution in [2.75, 3.05) is 32.7 Å².